The summed E-state index contributed by atoms with van der Waals surface area (Å²) in [5, 5.41) is 3.21. The highest BCUT2D eigenvalue weighted by Crippen LogP contribution is 2.22. The smallest absolute Gasteiger partial charge is 0.219 e. The van der Waals surface area contributed by atoms with E-state index in [2.05, 4.69) is 20.3 Å². The van der Waals surface area contributed by atoms with Crippen molar-refractivity contribution in [1.82, 2.24) is 15.0 Å². The van der Waals surface area contributed by atoms with Crippen LogP contribution in [0.3, 0.4) is 0 Å². The molecule has 4 aromatic rings. The minimum Gasteiger partial charge on any atom is -0.497 e. The van der Waals surface area contributed by atoms with Crippen molar-refractivity contribution in [2.45, 2.75) is 6.92 Å². The number of pyridine rings is 2. The highest BCUT2D eigenvalue weighted by atomic mass is 16.5. The standard InChI is InChI=1S/C23H20N4O2/c1-16-12-13-24-22(14-16)27-21-5-3-4-19(26-21)20-15-25-23(29-20)11-8-17-6-9-18(28-2)10-7-17/h3-15H,1-2H3,(H,24,26,27)/b11-8+. The Kier molecular flexibility index (Phi) is 5.33. The Hall–Kier alpha value is -3.93. The van der Waals surface area contributed by atoms with E-state index in [1.54, 1.807) is 19.5 Å². The van der Waals surface area contributed by atoms with Gasteiger partial charge >= 0.3 is 0 Å². The molecular formula is C23H20N4O2. The number of aromatic nitrogens is 3. The molecule has 0 spiro atoms. The second-order valence-electron chi connectivity index (χ2n) is 6.42. The molecule has 144 valence electrons. The molecule has 3 aromatic heterocycles. The van der Waals surface area contributed by atoms with Crippen molar-refractivity contribution in [1.29, 1.82) is 0 Å². The van der Waals surface area contributed by atoms with E-state index in [1.165, 1.54) is 0 Å². The van der Waals surface area contributed by atoms with Crippen LogP contribution in [-0.4, -0.2) is 22.1 Å². The van der Waals surface area contributed by atoms with Crippen LogP contribution in [0, 0.1) is 6.92 Å². The quantitative estimate of drug-likeness (QED) is 0.482. The van der Waals surface area contributed by atoms with Gasteiger partial charge in [-0.1, -0.05) is 18.2 Å². The van der Waals surface area contributed by atoms with Crippen LogP contribution in [0.15, 0.2) is 71.4 Å². The van der Waals surface area contributed by atoms with Gasteiger partial charge in [-0.2, -0.15) is 0 Å². The van der Waals surface area contributed by atoms with E-state index in [4.69, 9.17) is 9.15 Å². The number of anilines is 2. The first kappa shape index (κ1) is 18.4. The summed E-state index contributed by atoms with van der Waals surface area (Å²) in [6.45, 7) is 2.02. The lowest BCUT2D eigenvalue weighted by molar-refractivity contribution is 0.415. The van der Waals surface area contributed by atoms with Gasteiger partial charge in [-0.05, 0) is 60.5 Å². The number of hydrogen-bond donors (Lipinski definition) is 1. The van der Waals surface area contributed by atoms with Crippen LogP contribution in [-0.2, 0) is 0 Å². The van der Waals surface area contributed by atoms with Gasteiger partial charge < -0.3 is 14.5 Å². The van der Waals surface area contributed by atoms with E-state index in [1.807, 2.05) is 73.7 Å². The summed E-state index contributed by atoms with van der Waals surface area (Å²) in [7, 11) is 1.65. The number of benzene rings is 1. The first-order valence-electron chi connectivity index (χ1n) is 9.15. The number of hydrogen-bond acceptors (Lipinski definition) is 6. The Morgan fingerprint density at radius 2 is 1.83 bits per heavy atom. The Balaban J connectivity index is 1.49. The van der Waals surface area contributed by atoms with Crippen LogP contribution in [0.5, 0.6) is 5.75 Å². The zero-order chi connectivity index (χ0) is 20.1. The van der Waals surface area contributed by atoms with Crippen LogP contribution in [0.4, 0.5) is 11.6 Å². The molecule has 4 rings (SSSR count). The molecule has 6 heteroatoms. The summed E-state index contributed by atoms with van der Waals surface area (Å²) in [4.78, 5) is 13.2. The Bertz CT molecular complexity index is 1130. The van der Waals surface area contributed by atoms with E-state index in [0.29, 0.717) is 23.2 Å². The van der Waals surface area contributed by atoms with Crippen molar-refractivity contribution in [2.24, 2.45) is 0 Å². The van der Waals surface area contributed by atoms with Crippen LogP contribution >= 0.6 is 0 Å². The van der Waals surface area contributed by atoms with Crippen molar-refractivity contribution in [3.63, 3.8) is 0 Å². The minimum atomic E-state index is 0.510. The van der Waals surface area contributed by atoms with E-state index in [-0.39, 0.29) is 0 Å². The van der Waals surface area contributed by atoms with Crippen LogP contribution < -0.4 is 10.1 Å². The maximum absolute atomic E-state index is 5.83. The van der Waals surface area contributed by atoms with Gasteiger partial charge in [-0.3, -0.25) is 0 Å². The number of methoxy groups -OCH3 is 1. The van der Waals surface area contributed by atoms with Crippen LogP contribution in [0.1, 0.15) is 17.0 Å². The molecule has 0 saturated carbocycles. The Morgan fingerprint density at radius 1 is 0.966 bits per heavy atom. The van der Waals surface area contributed by atoms with E-state index < -0.39 is 0 Å². The van der Waals surface area contributed by atoms with Gasteiger partial charge in [0, 0.05) is 12.3 Å². The molecule has 1 aromatic carbocycles. The lowest BCUT2D eigenvalue weighted by Gasteiger charge is -2.06. The monoisotopic (exact) mass is 384 g/mol. The molecule has 0 aliphatic rings. The average molecular weight is 384 g/mol. The zero-order valence-electron chi connectivity index (χ0n) is 16.2. The summed E-state index contributed by atoms with van der Waals surface area (Å²) in [6, 6.07) is 17.3. The molecule has 0 fully saturated rings. The SMILES string of the molecule is COc1ccc(/C=C/c2ncc(-c3cccc(Nc4cc(C)ccn4)n3)o2)cc1. The summed E-state index contributed by atoms with van der Waals surface area (Å²) >= 11 is 0. The number of oxazole rings is 1. The molecule has 0 radical (unpaired) electrons. The molecule has 0 amide bonds. The maximum atomic E-state index is 5.83. The van der Waals surface area contributed by atoms with Crippen LogP contribution in [0.2, 0.25) is 0 Å². The number of nitrogens with one attached hydrogen (secondary N) is 1. The second kappa shape index (κ2) is 8.39. The fourth-order valence-corrected chi connectivity index (χ4v) is 2.74. The normalized spacial score (nSPS) is 11.0. The molecule has 0 aliphatic heterocycles. The summed E-state index contributed by atoms with van der Waals surface area (Å²) in [6.07, 6.45) is 7.19. The van der Waals surface area contributed by atoms with E-state index >= 15 is 0 Å². The average Bonchev–Trinajstić information content (AvgIpc) is 3.22. The highest BCUT2D eigenvalue weighted by molar-refractivity contribution is 5.67. The predicted octanol–water partition coefficient (Wildman–Crippen LogP) is 5.36. The third-order valence-corrected chi connectivity index (χ3v) is 4.23. The largest absolute Gasteiger partial charge is 0.497 e. The lowest BCUT2D eigenvalue weighted by atomic mass is 10.2. The number of rotatable bonds is 6. The molecule has 3 heterocycles. The molecule has 6 nitrogen and oxygen atoms in total. The number of ether oxygens (including phenoxy) is 1. The van der Waals surface area contributed by atoms with Crippen molar-refractivity contribution in [3.8, 4) is 17.2 Å². The van der Waals surface area contributed by atoms with Gasteiger partial charge in [0.05, 0.1) is 13.3 Å². The first-order valence-corrected chi connectivity index (χ1v) is 9.15. The zero-order valence-corrected chi connectivity index (χ0v) is 16.2. The molecule has 29 heavy (non-hydrogen) atoms. The first-order chi connectivity index (χ1) is 14.2. The summed E-state index contributed by atoms with van der Waals surface area (Å²) < 4.78 is 11.0. The van der Waals surface area contributed by atoms with Gasteiger partial charge in [0.25, 0.3) is 0 Å². The third-order valence-electron chi connectivity index (χ3n) is 4.23. The van der Waals surface area contributed by atoms with Gasteiger partial charge in [-0.25, -0.2) is 15.0 Å². The maximum Gasteiger partial charge on any atom is 0.219 e. The van der Waals surface area contributed by atoms with Crippen molar-refractivity contribution in [2.75, 3.05) is 12.4 Å². The van der Waals surface area contributed by atoms with Gasteiger partial charge in [0.15, 0.2) is 5.76 Å². The minimum absolute atomic E-state index is 0.510. The Morgan fingerprint density at radius 3 is 2.62 bits per heavy atom. The Labute approximate surface area is 168 Å². The summed E-state index contributed by atoms with van der Waals surface area (Å²) in [5.41, 5.74) is 2.85. The molecule has 1 N–H and O–H groups in total. The van der Waals surface area contributed by atoms with Gasteiger partial charge in [0.1, 0.15) is 23.1 Å². The molecular weight excluding hydrogens is 364 g/mol. The molecule has 0 unspecified atom stereocenters. The lowest BCUT2D eigenvalue weighted by Crippen LogP contribution is -1.96. The third kappa shape index (κ3) is 4.68. The molecule has 0 saturated heterocycles. The highest BCUT2D eigenvalue weighted by Gasteiger charge is 2.07. The molecule has 0 bridgehead atoms. The molecule has 0 atom stereocenters. The predicted molar refractivity (Wildman–Crippen MR) is 114 cm³/mol. The van der Waals surface area contributed by atoms with E-state index in [0.717, 1.165) is 22.7 Å². The fraction of sp³-hybridized carbons (Fsp3) is 0.0870. The topological polar surface area (TPSA) is 73.1 Å². The number of nitrogens with zero attached hydrogens (tertiary/aromatic N) is 3. The van der Waals surface area contributed by atoms with Crippen LogP contribution in [0.25, 0.3) is 23.6 Å². The molecule has 0 aliphatic carbocycles. The van der Waals surface area contributed by atoms with Gasteiger partial charge in [0.2, 0.25) is 5.89 Å². The van der Waals surface area contributed by atoms with Crippen molar-refractivity contribution < 1.29 is 9.15 Å². The second-order valence-corrected chi connectivity index (χ2v) is 6.42. The summed E-state index contributed by atoms with van der Waals surface area (Å²) in [5.74, 6) is 3.36. The van der Waals surface area contributed by atoms with E-state index in [9.17, 15) is 0 Å². The van der Waals surface area contributed by atoms with Gasteiger partial charge in [-0.15, -0.1) is 0 Å². The fourth-order valence-electron chi connectivity index (χ4n) is 2.74. The van der Waals surface area contributed by atoms with Crippen molar-refractivity contribution in [3.05, 3.63) is 84.0 Å². The van der Waals surface area contributed by atoms with Crippen molar-refractivity contribution >= 4 is 23.8 Å². The number of aryl methyl sites for hydroxylation is 1.